The van der Waals surface area contributed by atoms with Crippen LogP contribution >= 0.6 is 0 Å². The lowest BCUT2D eigenvalue weighted by molar-refractivity contribution is -0.124. The molecule has 21 heavy (non-hydrogen) atoms. The summed E-state index contributed by atoms with van der Waals surface area (Å²) < 4.78 is 5.49. The van der Waals surface area contributed by atoms with E-state index in [0.29, 0.717) is 30.5 Å². The number of hydrogen-bond donors (Lipinski definition) is 2. The van der Waals surface area contributed by atoms with E-state index in [1.807, 2.05) is 6.92 Å². The fourth-order valence-corrected chi connectivity index (χ4v) is 2.76. The minimum absolute atomic E-state index is 0.0357. The molecule has 0 aromatic heterocycles. The van der Waals surface area contributed by atoms with E-state index in [1.54, 1.807) is 17.0 Å². The quantitative estimate of drug-likeness (QED) is 0.867. The van der Waals surface area contributed by atoms with Crippen LogP contribution < -0.4 is 15.0 Å². The van der Waals surface area contributed by atoms with Crippen molar-refractivity contribution in [3.8, 4) is 5.75 Å². The summed E-state index contributed by atoms with van der Waals surface area (Å²) in [6.07, 6.45) is 0. The van der Waals surface area contributed by atoms with Crippen LogP contribution in [0.2, 0.25) is 0 Å². The van der Waals surface area contributed by atoms with Crippen molar-refractivity contribution < 1.29 is 19.4 Å². The number of carbonyl (C=O) groups is 2. The number of carboxylic acids is 1. The first kappa shape index (κ1) is 13.9. The van der Waals surface area contributed by atoms with E-state index in [-0.39, 0.29) is 17.4 Å². The summed E-state index contributed by atoms with van der Waals surface area (Å²) in [7, 11) is 0. The molecule has 0 bridgehead atoms. The van der Waals surface area contributed by atoms with E-state index in [2.05, 4.69) is 5.32 Å². The number of ether oxygens (including phenoxy) is 1. The highest BCUT2D eigenvalue weighted by atomic mass is 16.5. The van der Waals surface area contributed by atoms with Crippen molar-refractivity contribution in [2.24, 2.45) is 11.8 Å². The first-order chi connectivity index (χ1) is 10.1. The number of anilines is 1. The molecule has 1 aromatic rings. The van der Waals surface area contributed by atoms with E-state index < -0.39 is 5.97 Å². The molecule has 2 aliphatic heterocycles. The maximum absolute atomic E-state index is 12.7. The van der Waals surface area contributed by atoms with Gasteiger partial charge < -0.3 is 20.1 Å². The zero-order valence-corrected chi connectivity index (χ0v) is 11.8. The SMILES string of the molecule is CC(C(=O)N1CCOc2c(C(=O)O)cccc21)C1CNC1. The Balaban J connectivity index is 1.91. The molecule has 2 N–H and O–H groups in total. The zero-order valence-electron chi connectivity index (χ0n) is 11.8. The second-order valence-corrected chi connectivity index (χ2v) is 5.50. The van der Waals surface area contributed by atoms with Gasteiger partial charge in [0, 0.05) is 5.92 Å². The molecule has 112 valence electrons. The topological polar surface area (TPSA) is 78.9 Å². The molecule has 1 amide bonds. The second-order valence-electron chi connectivity index (χ2n) is 5.50. The molecule has 1 aromatic carbocycles. The largest absolute Gasteiger partial charge is 0.489 e. The van der Waals surface area contributed by atoms with Gasteiger partial charge in [-0.25, -0.2) is 4.79 Å². The third-order valence-corrected chi connectivity index (χ3v) is 4.25. The molecule has 0 spiro atoms. The molecule has 6 heteroatoms. The van der Waals surface area contributed by atoms with Gasteiger partial charge in [0.15, 0.2) is 5.75 Å². The van der Waals surface area contributed by atoms with Gasteiger partial charge in [0.1, 0.15) is 12.2 Å². The summed E-state index contributed by atoms with van der Waals surface area (Å²) in [6.45, 7) is 4.43. The molecule has 6 nitrogen and oxygen atoms in total. The van der Waals surface area contributed by atoms with Gasteiger partial charge in [-0.05, 0) is 31.1 Å². The van der Waals surface area contributed by atoms with Gasteiger partial charge in [-0.2, -0.15) is 0 Å². The Bertz CT molecular complexity index is 583. The van der Waals surface area contributed by atoms with Crippen LogP contribution in [-0.2, 0) is 4.79 Å². The molecule has 0 aliphatic carbocycles. The summed E-state index contributed by atoms with van der Waals surface area (Å²) in [5.41, 5.74) is 0.660. The van der Waals surface area contributed by atoms with Crippen molar-refractivity contribution in [1.82, 2.24) is 5.32 Å². The van der Waals surface area contributed by atoms with Gasteiger partial charge >= 0.3 is 5.97 Å². The number of nitrogens with one attached hydrogen (secondary N) is 1. The molecular formula is C15H18N2O4. The van der Waals surface area contributed by atoms with E-state index in [1.165, 1.54) is 6.07 Å². The molecular weight excluding hydrogens is 272 g/mol. The molecule has 1 unspecified atom stereocenters. The molecule has 0 radical (unpaired) electrons. The van der Waals surface area contributed by atoms with Crippen LogP contribution in [-0.4, -0.2) is 43.2 Å². The lowest BCUT2D eigenvalue weighted by atomic mass is 9.87. The zero-order chi connectivity index (χ0) is 15.0. The van der Waals surface area contributed by atoms with Gasteiger partial charge in [-0.1, -0.05) is 13.0 Å². The predicted octanol–water partition coefficient (Wildman–Crippen LogP) is 0.966. The van der Waals surface area contributed by atoms with E-state index in [4.69, 9.17) is 4.74 Å². The van der Waals surface area contributed by atoms with Crippen molar-refractivity contribution in [1.29, 1.82) is 0 Å². The van der Waals surface area contributed by atoms with Crippen molar-refractivity contribution in [2.75, 3.05) is 31.1 Å². The van der Waals surface area contributed by atoms with Crippen molar-refractivity contribution in [2.45, 2.75) is 6.92 Å². The first-order valence-corrected chi connectivity index (χ1v) is 7.11. The van der Waals surface area contributed by atoms with Crippen LogP contribution in [0.3, 0.4) is 0 Å². The number of carboxylic acid groups (broad SMARTS) is 1. The highest BCUT2D eigenvalue weighted by molar-refractivity contribution is 6.00. The lowest BCUT2D eigenvalue weighted by Gasteiger charge is -2.37. The number of fused-ring (bicyclic) bond motifs is 1. The maximum Gasteiger partial charge on any atom is 0.339 e. The fourth-order valence-electron chi connectivity index (χ4n) is 2.76. The first-order valence-electron chi connectivity index (χ1n) is 7.11. The van der Waals surface area contributed by atoms with E-state index in [0.717, 1.165) is 13.1 Å². The maximum atomic E-state index is 12.7. The Morgan fingerprint density at radius 2 is 2.19 bits per heavy atom. The fraction of sp³-hybridized carbons (Fsp3) is 0.467. The monoisotopic (exact) mass is 290 g/mol. The lowest BCUT2D eigenvalue weighted by Crippen LogP contribution is -2.51. The molecule has 3 rings (SSSR count). The predicted molar refractivity (Wildman–Crippen MR) is 76.8 cm³/mol. The van der Waals surface area contributed by atoms with Gasteiger partial charge in [-0.15, -0.1) is 0 Å². The summed E-state index contributed by atoms with van der Waals surface area (Å²) >= 11 is 0. The normalized spacial score (nSPS) is 19.2. The number of benzene rings is 1. The third-order valence-electron chi connectivity index (χ3n) is 4.25. The van der Waals surface area contributed by atoms with E-state index >= 15 is 0 Å². The number of aromatic carboxylic acids is 1. The van der Waals surface area contributed by atoms with Crippen LogP contribution in [0.4, 0.5) is 5.69 Å². The number of carbonyl (C=O) groups excluding carboxylic acids is 1. The molecule has 2 heterocycles. The number of para-hydroxylation sites is 1. The highest BCUT2D eigenvalue weighted by Gasteiger charge is 2.35. The smallest absolute Gasteiger partial charge is 0.339 e. The molecule has 2 aliphatic rings. The number of rotatable bonds is 3. The number of hydrogen-bond acceptors (Lipinski definition) is 4. The van der Waals surface area contributed by atoms with Crippen molar-refractivity contribution in [3.05, 3.63) is 23.8 Å². The average Bonchev–Trinajstić information content (AvgIpc) is 2.43. The molecule has 1 saturated heterocycles. The number of amides is 1. The Labute approximate surface area is 122 Å². The average molecular weight is 290 g/mol. The summed E-state index contributed by atoms with van der Waals surface area (Å²) in [4.78, 5) is 25.6. The molecule has 1 atom stereocenters. The highest BCUT2D eigenvalue weighted by Crippen LogP contribution is 2.36. The van der Waals surface area contributed by atoms with E-state index in [9.17, 15) is 14.7 Å². The van der Waals surface area contributed by atoms with Gasteiger partial charge in [0.25, 0.3) is 0 Å². The minimum atomic E-state index is -1.04. The Morgan fingerprint density at radius 3 is 2.81 bits per heavy atom. The van der Waals surface area contributed by atoms with Crippen LogP contribution in [0.1, 0.15) is 17.3 Å². The van der Waals surface area contributed by atoms with Crippen molar-refractivity contribution >= 4 is 17.6 Å². The minimum Gasteiger partial charge on any atom is -0.489 e. The Kier molecular flexibility index (Phi) is 3.55. The van der Waals surface area contributed by atoms with Crippen LogP contribution in [0.25, 0.3) is 0 Å². The molecule has 0 saturated carbocycles. The van der Waals surface area contributed by atoms with Crippen molar-refractivity contribution in [3.63, 3.8) is 0 Å². The molecule has 1 fully saturated rings. The third kappa shape index (κ3) is 2.35. The standard InChI is InChI=1S/C15H18N2O4/c1-9(10-7-16-8-10)14(18)17-5-6-21-13-11(15(19)20)3-2-4-12(13)17/h2-4,9-10,16H,5-8H2,1H3,(H,19,20). The van der Waals surface area contributed by atoms with Gasteiger partial charge in [-0.3, -0.25) is 4.79 Å². The van der Waals surface area contributed by atoms with Gasteiger partial charge in [0.2, 0.25) is 5.91 Å². The second kappa shape index (κ2) is 5.37. The Hall–Kier alpha value is -2.08. The Morgan fingerprint density at radius 1 is 1.43 bits per heavy atom. The van der Waals surface area contributed by atoms with Gasteiger partial charge in [0.05, 0.1) is 12.2 Å². The summed E-state index contributed by atoms with van der Waals surface area (Å²) in [5.74, 6) is -0.438. The summed E-state index contributed by atoms with van der Waals surface area (Å²) in [6, 6.07) is 4.88. The van der Waals surface area contributed by atoms with Crippen LogP contribution in [0.5, 0.6) is 5.75 Å². The van der Waals surface area contributed by atoms with Crippen LogP contribution in [0.15, 0.2) is 18.2 Å². The summed E-state index contributed by atoms with van der Waals surface area (Å²) in [5, 5.41) is 12.4. The number of nitrogens with zero attached hydrogens (tertiary/aromatic N) is 1. The van der Waals surface area contributed by atoms with Crippen LogP contribution in [0, 0.1) is 11.8 Å².